The van der Waals surface area contributed by atoms with E-state index in [0.717, 1.165) is 0 Å². The summed E-state index contributed by atoms with van der Waals surface area (Å²) < 4.78 is 37.6. The average Bonchev–Trinajstić information content (AvgIpc) is 3.03. The molecule has 128 valence electrons. The van der Waals surface area contributed by atoms with Crippen LogP contribution in [-0.4, -0.2) is 64.4 Å². The number of carbonyl (C=O) groups is 1. The number of hydrogen-bond donors (Lipinski definition) is 0. The lowest BCUT2D eigenvalue weighted by Gasteiger charge is -2.26. The van der Waals surface area contributed by atoms with E-state index < -0.39 is 16.1 Å². The fraction of sp³-hybridized carbons (Fsp3) is 0.533. The van der Waals surface area contributed by atoms with Gasteiger partial charge in [-0.2, -0.15) is 4.31 Å². The van der Waals surface area contributed by atoms with Crippen LogP contribution in [-0.2, 0) is 14.8 Å². The maximum atomic E-state index is 13.0. The van der Waals surface area contributed by atoms with E-state index in [0.29, 0.717) is 25.1 Å². The predicted molar refractivity (Wildman–Crippen MR) is 85.2 cm³/mol. The van der Waals surface area contributed by atoms with E-state index in [1.54, 1.807) is 26.2 Å². The Balaban J connectivity index is 2.47. The number of carbonyl (C=O) groups excluding carboxylic acids is 1. The summed E-state index contributed by atoms with van der Waals surface area (Å²) in [4.78, 5) is 13.7. The number of nitrogens with zero attached hydrogens (tertiary/aromatic N) is 2. The van der Waals surface area contributed by atoms with E-state index in [4.69, 9.17) is 9.47 Å². The van der Waals surface area contributed by atoms with Crippen molar-refractivity contribution in [3.8, 4) is 11.5 Å². The van der Waals surface area contributed by atoms with Gasteiger partial charge >= 0.3 is 0 Å². The standard InChI is InChI=1S/C15H22N2O5S/c1-16(2)15(18)12-6-5-9-17(12)23(19,20)14-10-11(21-3)7-8-13(14)22-4/h7-8,10,12H,5-6,9H2,1-4H3/t12-/m1/s1. The SMILES string of the molecule is COc1ccc(OC)c(S(=O)(=O)N2CCC[C@@H]2C(=O)N(C)C)c1. The van der Waals surface area contributed by atoms with Crippen molar-refractivity contribution in [1.29, 1.82) is 0 Å². The molecule has 0 aromatic heterocycles. The van der Waals surface area contributed by atoms with E-state index >= 15 is 0 Å². The number of ether oxygens (including phenoxy) is 2. The van der Waals surface area contributed by atoms with Gasteiger partial charge < -0.3 is 14.4 Å². The third-order valence-corrected chi connectivity index (χ3v) is 5.82. The van der Waals surface area contributed by atoms with Crippen LogP contribution in [0.25, 0.3) is 0 Å². The smallest absolute Gasteiger partial charge is 0.247 e. The molecule has 0 bridgehead atoms. The molecule has 0 spiro atoms. The summed E-state index contributed by atoms with van der Waals surface area (Å²) >= 11 is 0. The minimum atomic E-state index is -3.86. The molecule has 1 aromatic carbocycles. The van der Waals surface area contributed by atoms with Gasteiger partial charge in [0, 0.05) is 26.7 Å². The second-order valence-corrected chi connectivity index (χ2v) is 7.38. The lowest BCUT2D eigenvalue weighted by molar-refractivity contribution is -0.132. The van der Waals surface area contributed by atoms with E-state index in [9.17, 15) is 13.2 Å². The summed E-state index contributed by atoms with van der Waals surface area (Å²) in [6.07, 6.45) is 1.16. The molecular formula is C15H22N2O5S. The molecule has 0 radical (unpaired) electrons. The maximum Gasteiger partial charge on any atom is 0.247 e. The van der Waals surface area contributed by atoms with Crippen LogP contribution in [0.15, 0.2) is 23.1 Å². The number of rotatable bonds is 5. The van der Waals surface area contributed by atoms with Gasteiger partial charge in [0.15, 0.2) is 0 Å². The van der Waals surface area contributed by atoms with Crippen molar-refractivity contribution < 1.29 is 22.7 Å². The fourth-order valence-electron chi connectivity index (χ4n) is 2.68. The highest BCUT2D eigenvalue weighted by atomic mass is 32.2. The normalized spacial score (nSPS) is 18.7. The Hall–Kier alpha value is -1.80. The molecule has 1 fully saturated rings. The van der Waals surface area contributed by atoms with Crippen LogP contribution < -0.4 is 9.47 Å². The molecule has 1 atom stereocenters. The van der Waals surface area contributed by atoms with Gasteiger partial charge in [0.1, 0.15) is 22.4 Å². The first-order valence-electron chi connectivity index (χ1n) is 7.28. The van der Waals surface area contributed by atoms with E-state index in [2.05, 4.69) is 0 Å². The molecule has 2 rings (SSSR count). The molecule has 1 saturated heterocycles. The van der Waals surface area contributed by atoms with Crippen molar-refractivity contribution in [1.82, 2.24) is 9.21 Å². The maximum absolute atomic E-state index is 13.0. The summed E-state index contributed by atoms with van der Waals surface area (Å²) in [5.74, 6) is 0.431. The van der Waals surface area contributed by atoms with Crippen LogP contribution in [0.1, 0.15) is 12.8 Å². The summed E-state index contributed by atoms with van der Waals surface area (Å²) in [5.41, 5.74) is 0. The number of amides is 1. The van der Waals surface area contributed by atoms with Gasteiger partial charge in [0.05, 0.1) is 14.2 Å². The fourth-order valence-corrected chi connectivity index (χ4v) is 4.51. The van der Waals surface area contributed by atoms with Crippen LogP contribution >= 0.6 is 0 Å². The summed E-state index contributed by atoms with van der Waals surface area (Å²) in [6, 6.07) is 3.92. The first kappa shape index (κ1) is 17.6. The summed E-state index contributed by atoms with van der Waals surface area (Å²) in [6.45, 7) is 0.312. The molecule has 0 saturated carbocycles. The number of hydrogen-bond acceptors (Lipinski definition) is 5. The van der Waals surface area contributed by atoms with Gasteiger partial charge in [-0.05, 0) is 25.0 Å². The number of sulfonamides is 1. The monoisotopic (exact) mass is 342 g/mol. The Kier molecular flexibility index (Phi) is 5.16. The molecule has 8 heteroatoms. The van der Waals surface area contributed by atoms with Crippen molar-refractivity contribution in [3.63, 3.8) is 0 Å². The van der Waals surface area contributed by atoms with Crippen molar-refractivity contribution in [2.75, 3.05) is 34.9 Å². The predicted octanol–water partition coefficient (Wildman–Crippen LogP) is 0.945. The zero-order chi connectivity index (χ0) is 17.2. The molecule has 1 aliphatic rings. The van der Waals surface area contributed by atoms with Crippen molar-refractivity contribution in [2.24, 2.45) is 0 Å². The van der Waals surface area contributed by atoms with Gasteiger partial charge in [0.25, 0.3) is 0 Å². The largest absolute Gasteiger partial charge is 0.497 e. The van der Waals surface area contributed by atoms with Gasteiger partial charge in [-0.1, -0.05) is 0 Å². The minimum Gasteiger partial charge on any atom is -0.497 e. The molecule has 23 heavy (non-hydrogen) atoms. The van der Waals surface area contributed by atoms with Crippen LogP contribution in [0, 0.1) is 0 Å². The summed E-state index contributed by atoms with van der Waals surface area (Å²) in [7, 11) is 2.26. The van der Waals surface area contributed by atoms with Crippen molar-refractivity contribution in [2.45, 2.75) is 23.8 Å². The lowest BCUT2D eigenvalue weighted by Crippen LogP contribution is -2.45. The van der Waals surface area contributed by atoms with Crippen LogP contribution in [0.2, 0.25) is 0 Å². The zero-order valence-electron chi connectivity index (χ0n) is 13.8. The number of benzene rings is 1. The highest BCUT2D eigenvalue weighted by molar-refractivity contribution is 7.89. The van der Waals surface area contributed by atoms with Gasteiger partial charge in [-0.3, -0.25) is 4.79 Å². The highest BCUT2D eigenvalue weighted by Crippen LogP contribution is 2.34. The molecule has 7 nitrogen and oxygen atoms in total. The zero-order valence-corrected chi connectivity index (χ0v) is 14.6. The van der Waals surface area contributed by atoms with E-state index in [1.165, 1.54) is 29.5 Å². The third kappa shape index (κ3) is 3.28. The molecule has 1 aliphatic heterocycles. The number of methoxy groups -OCH3 is 2. The molecule has 0 aliphatic carbocycles. The number of likely N-dealkylation sites (N-methyl/N-ethyl adjacent to an activating group) is 1. The Morgan fingerprint density at radius 2 is 1.96 bits per heavy atom. The molecule has 0 unspecified atom stereocenters. The van der Waals surface area contributed by atoms with Crippen LogP contribution in [0.5, 0.6) is 11.5 Å². The summed E-state index contributed by atoms with van der Waals surface area (Å²) in [5, 5.41) is 0. The van der Waals surface area contributed by atoms with Crippen LogP contribution in [0.3, 0.4) is 0 Å². The minimum absolute atomic E-state index is 0.0119. The first-order chi connectivity index (χ1) is 10.8. The van der Waals surface area contributed by atoms with E-state index in [1.807, 2.05) is 0 Å². The topological polar surface area (TPSA) is 76.1 Å². The Bertz CT molecular complexity index is 687. The van der Waals surface area contributed by atoms with Gasteiger partial charge in [-0.25, -0.2) is 8.42 Å². The van der Waals surface area contributed by atoms with Gasteiger partial charge in [0.2, 0.25) is 15.9 Å². The Morgan fingerprint density at radius 1 is 1.26 bits per heavy atom. The van der Waals surface area contributed by atoms with Crippen LogP contribution in [0.4, 0.5) is 0 Å². The van der Waals surface area contributed by atoms with Gasteiger partial charge in [-0.15, -0.1) is 0 Å². The molecule has 1 aromatic rings. The third-order valence-electron chi connectivity index (χ3n) is 3.89. The van der Waals surface area contributed by atoms with Crippen molar-refractivity contribution in [3.05, 3.63) is 18.2 Å². The molecular weight excluding hydrogens is 320 g/mol. The van der Waals surface area contributed by atoms with E-state index in [-0.39, 0.29) is 16.6 Å². The molecule has 0 N–H and O–H groups in total. The highest BCUT2D eigenvalue weighted by Gasteiger charge is 2.41. The Morgan fingerprint density at radius 3 is 2.52 bits per heavy atom. The first-order valence-corrected chi connectivity index (χ1v) is 8.72. The molecule has 1 amide bonds. The molecule has 1 heterocycles. The quantitative estimate of drug-likeness (QED) is 0.796. The second kappa shape index (κ2) is 6.76. The second-order valence-electron chi connectivity index (χ2n) is 5.52. The lowest BCUT2D eigenvalue weighted by atomic mass is 10.2. The van der Waals surface area contributed by atoms with Crippen molar-refractivity contribution >= 4 is 15.9 Å². The Labute approximate surface area is 136 Å². The average molecular weight is 342 g/mol.